The maximum absolute atomic E-state index is 12.2. The van der Waals surface area contributed by atoms with E-state index in [9.17, 15) is 14.7 Å². The largest absolute Gasteiger partial charge is 0.494 e. The molecule has 0 amide bonds. The normalized spacial score (nSPS) is 11.1. The molecule has 0 spiro atoms. The molecule has 0 saturated heterocycles. The van der Waals surface area contributed by atoms with E-state index in [0.717, 1.165) is 9.13 Å². The highest BCUT2D eigenvalue weighted by atomic mass is 16.5. The molecule has 1 N–H and O–H groups in total. The van der Waals surface area contributed by atoms with Gasteiger partial charge >= 0.3 is 5.69 Å². The van der Waals surface area contributed by atoms with Gasteiger partial charge in [-0.15, -0.1) is 0 Å². The number of benzene rings is 1. The molecule has 2 heterocycles. The number of aromatic hydroxyl groups is 1. The van der Waals surface area contributed by atoms with Crippen LogP contribution in [0.15, 0.2) is 38.4 Å². The van der Waals surface area contributed by atoms with E-state index in [1.807, 2.05) is 0 Å². The fourth-order valence-corrected chi connectivity index (χ4v) is 2.10. The fourth-order valence-electron chi connectivity index (χ4n) is 2.10. The summed E-state index contributed by atoms with van der Waals surface area (Å²) in [5.74, 6) is -0.297. The minimum absolute atomic E-state index is 0.0803. The van der Waals surface area contributed by atoms with Gasteiger partial charge in [0.1, 0.15) is 11.1 Å². The Bertz CT molecular complexity index is 933. The molecule has 0 bridgehead atoms. The van der Waals surface area contributed by atoms with Crippen LogP contribution in [0.4, 0.5) is 0 Å². The smallest absolute Gasteiger partial charge is 0.333 e. The molecule has 7 heteroatoms. The average Bonchev–Trinajstić information content (AvgIpc) is 2.87. The first kappa shape index (κ1) is 12.2. The van der Waals surface area contributed by atoms with Crippen LogP contribution in [0.1, 0.15) is 0 Å². The molecular weight excluding hydrogens is 262 g/mol. The van der Waals surface area contributed by atoms with Crippen molar-refractivity contribution in [2.75, 3.05) is 0 Å². The van der Waals surface area contributed by atoms with Crippen LogP contribution < -0.4 is 11.2 Å². The SMILES string of the molecule is Cn1c(O)c(-c2onc3ccccc23)c(=O)n(C)c1=O. The zero-order valence-electron chi connectivity index (χ0n) is 10.8. The van der Waals surface area contributed by atoms with Crippen molar-refractivity contribution < 1.29 is 9.63 Å². The van der Waals surface area contributed by atoms with Crippen molar-refractivity contribution in [1.82, 2.24) is 14.3 Å². The van der Waals surface area contributed by atoms with Crippen LogP contribution in [0.2, 0.25) is 0 Å². The van der Waals surface area contributed by atoms with Crippen molar-refractivity contribution in [1.29, 1.82) is 0 Å². The highest BCUT2D eigenvalue weighted by molar-refractivity contribution is 5.92. The number of hydrogen-bond acceptors (Lipinski definition) is 5. The van der Waals surface area contributed by atoms with Crippen molar-refractivity contribution >= 4 is 10.9 Å². The Morgan fingerprint density at radius 3 is 2.60 bits per heavy atom. The van der Waals surface area contributed by atoms with Crippen LogP contribution in [0.5, 0.6) is 5.88 Å². The van der Waals surface area contributed by atoms with Crippen LogP contribution >= 0.6 is 0 Å². The Kier molecular flexibility index (Phi) is 2.50. The van der Waals surface area contributed by atoms with Crippen LogP contribution in [0, 0.1) is 0 Å². The van der Waals surface area contributed by atoms with Gasteiger partial charge in [-0.1, -0.05) is 17.3 Å². The molecule has 102 valence electrons. The summed E-state index contributed by atoms with van der Waals surface area (Å²) in [6.07, 6.45) is 0. The van der Waals surface area contributed by atoms with Crippen molar-refractivity contribution in [2.45, 2.75) is 0 Å². The first-order chi connectivity index (χ1) is 9.52. The second-order valence-electron chi connectivity index (χ2n) is 4.43. The molecule has 0 unspecified atom stereocenters. The van der Waals surface area contributed by atoms with Gasteiger partial charge < -0.3 is 9.63 Å². The molecular formula is C13H11N3O4. The fraction of sp³-hybridized carbons (Fsp3) is 0.154. The summed E-state index contributed by atoms with van der Waals surface area (Å²) in [5, 5.41) is 14.5. The zero-order chi connectivity index (χ0) is 14.4. The van der Waals surface area contributed by atoms with E-state index in [0.29, 0.717) is 10.9 Å². The van der Waals surface area contributed by atoms with E-state index < -0.39 is 17.1 Å². The summed E-state index contributed by atoms with van der Waals surface area (Å²) in [6.45, 7) is 0. The Balaban J connectivity index is 2.47. The standard InChI is InChI=1S/C13H11N3O4/c1-15-11(17)9(12(18)16(2)13(15)19)10-7-5-3-4-6-8(7)14-20-10/h3-6,17H,1-2H3. The predicted octanol–water partition coefficient (Wildman–Crippen LogP) is 0.598. The maximum Gasteiger partial charge on any atom is 0.333 e. The lowest BCUT2D eigenvalue weighted by molar-refractivity contribution is 0.402. The van der Waals surface area contributed by atoms with Crippen LogP contribution in [-0.2, 0) is 14.1 Å². The van der Waals surface area contributed by atoms with Crippen molar-refractivity contribution in [3.8, 4) is 17.2 Å². The molecule has 0 saturated carbocycles. The van der Waals surface area contributed by atoms with Gasteiger partial charge in [0.2, 0.25) is 5.88 Å². The zero-order valence-corrected chi connectivity index (χ0v) is 10.8. The third-order valence-corrected chi connectivity index (χ3v) is 3.24. The van der Waals surface area contributed by atoms with Gasteiger partial charge in [0.05, 0.1) is 5.39 Å². The Morgan fingerprint density at radius 2 is 1.85 bits per heavy atom. The molecule has 0 radical (unpaired) electrons. The first-order valence-electron chi connectivity index (χ1n) is 5.86. The monoisotopic (exact) mass is 273 g/mol. The minimum Gasteiger partial charge on any atom is -0.494 e. The van der Waals surface area contributed by atoms with E-state index in [2.05, 4.69) is 5.16 Å². The summed E-state index contributed by atoms with van der Waals surface area (Å²) in [5.41, 5.74) is -0.756. The summed E-state index contributed by atoms with van der Waals surface area (Å²) < 4.78 is 7.06. The molecule has 0 aliphatic heterocycles. The molecule has 0 fully saturated rings. The van der Waals surface area contributed by atoms with E-state index in [1.54, 1.807) is 24.3 Å². The van der Waals surface area contributed by atoms with Gasteiger partial charge in [-0.05, 0) is 12.1 Å². The van der Waals surface area contributed by atoms with E-state index in [4.69, 9.17) is 4.52 Å². The third kappa shape index (κ3) is 1.49. The van der Waals surface area contributed by atoms with Crippen LogP contribution in [0.25, 0.3) is 22.2 Å². The average molecular weight is 273 g/mol. The molecule has 1 aromatic carbocycles. The molecule has 3 rings (SSSR count). The van der Waals surface area contributed by atoms with Crippen molar-refractivity contribution in [3.63, 3.8) is 0 Å². The van der Waals surface area contributed by atoms with Crippen molar-refractivity contribution in [3.05, 3.63) is 45.1 Å². The predicted molar refractivity (Wildman–Crippen MR) is 71.6 cm³/mol. The van der Waals surface area contributed by atoms with E-state index >= 15 is 0 Å². The van der Waals surface area contributed by atoms with Gasteiger partial charge in [-0.2, -0.15) is 0 Å². The second-order valence-corrected chi connectivity index (χ2v) is 4.43. The number of aromatic nitrogens is 3. The first-order valence-corrected chi connectivity index (χ1v) is 5.86. The lowest BCUT2D eigenvalue weighted by Gasteiger charge is -2.08. The molecule has 2 aromatic heterocycles. The molecule has 0 atom stereocenters. The Morgan fingerprint density at radius 1 is 1.15 bits per heavy atom. The van der Waals surface area contributed by atoms with E-state index in [-0.39, 0.29) is 11.3 Å². The lowest BCUT2D eigenvalue weighted by atomic mass is 10.1. The number of nitrogens with zero attached hydrogens (tertiary/aromatic N) is 3. The quantitative estimate of drug-likeness (QED) is 0.701. The molecule has 7 nitrogen and oxygen atoms in total. The van der Waals surface area contributed by atoms with Gasteiger partial charge in [-0.3, -0.25) is 13.9 Å². The van der Waals surface area contributed by atoms with Crippen LogP contribution in [-0.4, -0.2) is 19.4 Å². The van der Waals surface area contributed by atoms with Gasteiger partial charge in [0, 0.05) is 14.1 Å². The molecule has 3 aromatic rings. The Hall–Kier alpha value is -2.83. The topological polar surface area (TPSA) is 90.3 Å². The van der Waals surface area contributed by atoms with E-state index in [1.165, 1.54) is 14.1 Å². The highest BCUT2D eigenvalue weighted by Crippen LogP contribution is 2.30. The molecule has 20 heavy (non-hydrogen) atoms. The van der Waals surface area contributed by atoms with Crippen LogP contribution in [0.3, 0.4) is 0 Å². The maximum atomic E-state index is 12.2. The molecule has 0 aliphatic rings. The minimum atomic E-state index is -0.632. The van der Waals surface area contributed by atoms with Gasteiger partial charge in [0.25, 0.3) is 5.56 Å². The van der Waals surface area contributed by atoms with Crippen molar-refractivity contribution in [2.24, 2.45) is 14.1 Å². The highest BCUT2D eigenvalue weighted by Gasteiger charge is 2.22. The summed E-state index contributed by atoms with van der Waals surface area (Å²) >= 11 is 0. The lowest BCUT2D eigenvalue weighted by Crippen LogP contribution is -2.37. The number of fused-ring (bicyclic) bond motifs is 1. The second kappa shape index (κ2) is 4.09. The summed E-state index contributed by atoms with van der Waals surface area (Å²) in [6, 6.07) is 7.01. The summed E-state index contributed by atoms with van der Waals surface area (Å²) in [7, 11) is 2.71. The summed E-state index contributed by atoms with van der Waals surface area (Å²) in [4.78, 5) is 23.9. The number of rotatable bonds is 1. The Labute approximate surface area is 112 Å². The third-order valence-electron chi connectivity index (χ3n) is 3.24. The van der Waals surface area contributed by atoms with Gasteiger partial charge in [-0.25, -0.2) is 4.79 Å². The van der Waals surface area contributed by atoms with Gasteiger partial charge in [0.15, 0.2) is 5.76 Å². The number of hydrogen-bond donors (Lipinski definition) is 1. The molecule has 0 aliphatic carbocycles.